The summed E-state index contributed by atoms with van der Waals surface area (Å²) in [6.45, 7) is 4.22. The number of phenols is 1. The van der Waals surface area contributed by atoms with Crippen molar-refractivity contribution in [3.05, 3.63) is 27.3 Å². The van der Waals surface area contributed by atoms with Gasteiger partial charge in [-0.3, -0.25) is 4.79 Å². The fourth-order valence-corrected chi connectivity index (χ4v) is 2.11. The predicted octanol–water partition coefficient (Wildman–Crippen LogP) is 2.13. The van der Waals surface area contributed by atoms with E-state index in [0.717, 1.165) is 3.57 Å². The summed E-state index contributed by atoms with van der Waals surface area (Å²) in [4.78, 5) is 11.8. The molecule has 1 atom stereocenters. The first-order valence-electron chi connectivity index (χ1n) is 5.85. The molecule has 1 aromatic rings. The van der Waals surface area contributed by atoms with Gasteiger partial charge in [-0.25, -0.2) is 0 Å². The van der Waals surface area contributed by atoms with Crippen molar-refractivity contribution in [3.8, 4) is 5.75 Å². The van der Waals surface area contributed by atoms with Crippen LogP contribution in [-0.2, 0) is 0 Å². The summed E-state index contributed by atoms with van der Waals surface area (Å²) in [6, 6.07) is 4.82. The maximum absolute atomic E-state index is 11.8. The molecule has 1 aromatic carbocycles. The van der Waals surface area contributed by atoms with Crippen molar-refractivity contribution >= 4 is 28.5 Å². The molecule has 3 N–H and O–H groups in total. The van der Waals surface area contributed by atoms with Crippen molar-refractivity contribution in [2.24, 2.45) is 5.92 Å². The van der Waals surface area contributed by atoms with Gasteiger partial charge in [0, 0.05) is 10.1 Å². The third kappa shape index (κ3) is 4.81. The zero-order valence-corrected chi connectivity index (χ0v) is 12.6. The van der Waals surface area contributed by atoms with Gasteiger partial charge in [0.05, 0.1) is 11.7 Å². The molecule has 1 amide bonds. The number of aromatic hydroxyl groups is 1. The lowest BCUT2D eigenvalue weighted by Gasteiger charge is -2.14. The molecule has 1 rings (SSSR count). The Morgan fingerprint density at radius 2 is 2.11 bits per heavy atom. The molecule has 0 radical (unpaired) electrons. The predicted molar refractivity (Wildman–Crippen MR) is 78.6 cm³/mol. The Balaban J connectivity index is 2.58. The fourth-order valence-electron chi connectivity index (χ4n) is 1.62. The average Bonchev–Trinajstić information content (AvgIpc) is 2.28. The summed E-state index contributed by atoms with van der Waals surface area (Å²) in [7, 11) is 0. The molecule has 0 bridgehead atoms. The monoisotopic (exact) mass is 363 g/mol. The summed E-state index contributed by atoms with van der Waals surface area (Å²) in [5, 5.41) is 21.9. The van der Waals surface area contributed by atoms with E-state index in [2.05, 4.69) is 27.9 Å². The van der Waals surface area contributed by atoms with Crippen molar-refractivity contribution in [1.82, 2.24) is 5.32 Å². The molecule has 0 spiro atoms. The van der Waals surface area contributed by atoms with Gasteiger partial charge in [-0.05, 0) is 53.1 Å². The summed E-state index contributed by atoms with van der Waals surface area (Å²) < 4.78 is 0.873. The Kier molecular flexibility index (Phi) is 5.87. The van der Waals surface area contributed by atoms with E-state index in [1.807, 2.05) is 13.8 Å². The highest BCUT2D eigenvalue weighted by Gasteiger charge is 2.13. The number of phenolic OH excluding ortho intramolecular Hbond substituents is 1. The lowest BCUT2D eigenvalue weighted by atomic mass is 10.1. The maximum atomic E-state index is 11.8. The van der Waals surface area contributed by atoms with Crippen LogP contribution in [0.5, 0.6) is 5.75 Å². The molecular formula is C13H18INO3. The first kappa shape index (κ1) is 15.2. The second kappa shape index (κ2) is 6.94. The van der Waals surface area contributed by atoms with Crippen molar-refractivity contribution in [1.29, 1.82) is 0 Å². The number of rotatable bonds is 5. The minimum absolute atomic E-state index is 0.0498. The quantitative estimate of drug-likeness (QED) is 0.702. The third-order valence-electron chi connectivity index (χ3n) is 2.44. The molecular weight excluding hydrogens is 345 g/mol. The van der Waals surface area contributed by atoms with Crippen molar-refractivity contribution in [2.75, 3.05) is 6.54 Å². The molecule has 0 aliphatic heterocycles. The fraction of sp³-hybridized carbons (Fsp3) is 0.462. The van der Waals surface area contributed by atoms with Crippen LogP contribution >= 0.6 is 22.6 Å². The zero-order chi connectivity index (χ0) is 13.7. The number of aliphatic hydroxyl groups excluding tert-OH is 1. The minimum atomic E-state index is -0.557. The van der Waals surface area contributed by atoms with Crippen LogP contribution in [0.1, 0.15) is 30.6 Å². The van der Waals surface area contributed by atoms with Crippen LogP contribution in [0.3, 0.4) is 0 Å². The number of hydrogen-bond donors (Lipinski definition) is 3. The Morgan fingerprint density at radius 3 is 2.72 bits per heavy atom. The molecule has 0 aromatic heterocycles. The number of halogens is 1. The smallest absolute Gasteiger partial charge is 0.255 e. The average molecular weight is 363 g/mol. The highest BCUT2D eigenvalue weighted by atomic mass is 127. The number of aliphatic hydroxyl groups is 1. The second-order valence-corrected chi connectivity index (χ2v) is 5.90. The molecule has 5 heteroatoms. The SMILES string of the molecule is CC(C)CC(O)CNC(=O)c1cc(I)ccc1O. The van der Waals surface area contributed by atoms with Gasteiger partial charge in [0.1, 0.15) is 5.75 Å². The van der Waals surface area contributed by atoms with Crippen LogP contribution < -0.4 is 5.32 Å². The summed E-state index contributed by atoms with van der Waals surface area (Å²) in [5.74, 6) is -0.0388. The molecule has 1 unspecified atom stereocenters. The summed E-state index contributed by atoms with van der Waals surface area (Å²) in [5.41, 5.74) is 0.235. The van der Waals surface area contributed by atoms with Crippen LogP contribution in [-0.4, -0.2) is 28.8 Å². The largest absolute Gasteiger partial charge is 0.507 e. The molecule has 0 heterocycles. The van der Waals surface area contributed by atoms with Gasteiger partial charge in [0.15, 0.2) is 0 Å². The third-order valence-corrected chi connectivity index (χ3v) is 3.12. The van der Waals surface area contributed by atoms with Crippen LogP contribution in [0, 0.1) is 9.49 Å². The molecule has 0 saturated carbocycles. The van der Waals surface area contributed by atoms with Crippen LogP contribution in [0.4, 0.5) is 0 Å². The number of hydrogen-bond acceptors (Lipinski definition) is 3. The molecule has 0 aliphatic rings. The van der Waals surface area contributed by atoms with Crippen molar-refractivity contribution < 1.29 is 15.0 Å². The topological polar surface area (TPSA) is 69.6 Å². The van der Waals surface area contributed by atoms with E-state index in [9.17, 15) is 15.0 Å². The standard InChI is InChI=1S/C13H18INO3/c1-8(2)5-10(16)7-15-13(18)11-6-9(14)3-4-12(11)17/h3-4,6,8,10,16-17H,5,7H2,1-2H3,(H,15,18). The number of carbonyl (C=O) groups excluding carboxylic acids is 1. The van der Waals surface area contributed by atoms with E-state index in [-0.39, 0.29) is 23.8 Å². The first-order valence-corrected chi connectivity index (χ1v) is 6.92. The molecule has 4 nitrogen and oxygen atoms in total. The van der Waals surface area contributed by atoms with Gasteiger partial charge >= 0.3 is 0 Å². The Bertz CT molecular complexity index is 421. The summed E-state index contributed by atoms with van der Waals surface area (Å²) in [6.07, 6.45) is 0.0809. The Labute approximate surface area is 121 Å². The van der Waals surface area contributed by atoms with E-state index in [4.69, 9.17) is 0 Å². The highest BCUT2D eigenvalue weighted by Crippen LogP contribution is 2.19. The van der Waals surface area contributed by atoms with E-state index in [1.54, 1.807) is 12.1 Å². The number of carbonyl (C=O) groups is 1. The zero-order valence-electron chi connectivity index (χ0n) is 10.5. The van der Waals surface area contributed by atoms with Crippen LogP contribution in [0.25, 0.3) is 0 Å². The number of nitrogens with one attached hydrogen (secondary N) is 1. The number of amides is 1. The van der Waals surface area contributed by atoms with Gasteiger partial charge in [-0.2, -0.15) is 0 Å². The van der Waals surface area contributed by atoms with Crippen molar-refractivity contribution in [3.63, 3.8) is 0 Å². The van der Waals surface area contributed by atoms with Crippen LogP contribution in [0.15, 0.2) is 18.2 Å². The maximum Gasteiger partial charge on any atom is 0.255 e. The normalized spacial score (nSPS) is 12.5. The molecule has 100 valence electrons. The second-order valence-electron chi connectivity index (χ2n) is 4.65. The molecule has 0 saturated heterocycles. The van der Waals surface area contributed by atoms with E-state index in [0.29, 0.717) is 12.3 Å². The van der Waals surface area contributed by atoms with E-state index in [1.165, 1.54) is 6.07 Å². The molecule has 0 aliphatic carbocycles. The lowest BCUT2D eigenvalue weighted by Crippen LogP contribution is -2.32. The number of benzene rings is 1. The lowest BCUT2D eigenvalue weighted by molar-refractivity contribution is 0.0897. The minimum Gasteiger partial charge on any atom is -0.507 e. The summed E-state index contributed by atoms with van der Waals surface area (Å²) >= 11 is 2.07. The highest BCUT2D eigenvalue weighted by molar-refractivity contribution is 14.1. The van der Waals surface area contributed by atoms with Gasteiger partial charge in [-0.1, -0.05) is 13.8 Å². The first-order chi connectivity index (χ1) is 8.40. The Hall–Kier alpha value is -0.820. The van der Waals surface area contributed by atoms with Crippen LogP contribution in [0.2, 0.25) is 0 Å². The van der Waals surface area contributed by atoms with Gasteiger partial charge in [-0.15, -0.1) is 0 Å². The van der Waals surface area contributed by atoms with Gasteiger partial charge < -0.3 is 15.5 Å². The van der Waals surface area contributed by atoms with Crippen molar-refractivity contribution in [2.45, 2.75) is 26.4 Å². The molecule has 0 fully saturated rings. The Morgan fingerprint density at radius 1 is 1.44 bits per heavy atom. The van der Waals surface area contributed by atoms with Gasteiger partial charge in [0.2, 0.25) is 0 Å². The van der Waals surface area contributed by atoms with E-state index < -0.39 is 6.10 Å². The van der Waals surface area contributed by atoms with E-state index >= 15 is 0 Å². The van der Waals surface area contributed by atoms with Gasteiger partial charge in [0.25, 0.3) is 5.91 Å². The molecule has 18 heavy (non-hydrogen) atoms.